The molecule has 9 heteroatoms. The molecule has 0 aliphatic heterocycles. The molecule has 1 aromatic heterocycles. The van der Waals surface area contributed by atoms with Crippen LogP contribution in [0.5, 0.6) is 5.75 Å². The topological polar surface area (TPSA) is 107 Å². The van der Waals surface area contributed by atoms with Gasteiger partial charge in [-0.1, -0.05) is 30.3 Å². The van der Waals surface area contributed by atoms with Gasteiger partial charge in [-0.3, -0.25) is 4.72 Å². The van der Waals surface area contributed by atoms with E-state index in [2.05, 4.69) is 10.0 Å². The minimum absolute atomic E-state index is 0.0909. The minimum Gasteiger partial charge on any atom is -0.497 e. The number of sulfonamides is 1. The van der Waals surface area contributed by atoms with Crippen molar-refractivity contribution in [3.8, 4) is 5.75 Å². The molecule has 4 aromatic rings. The summed E-state index contributed by atoms with van der Waals surface area (Å²) in [5.41, 5.74) is 2.44. The van der Waals surface area contributed by atoms with Crippen molar-refractivity contribution in [2.75, 3.05) is 11.8 Å². The molecule has 0 fully saturated rings. The molecule has 0 radical (unpaired) electrons. The molecule has 0 saturated heterocycles. The molecule has 1 heterocycles. The second kappa shape index (κ2) is 9.88. The number of carbonyl (C=O) groups is 1. The molecule has 0 aliphatic rings. The molecule has 4 rings (SSSR count). The number of anilines is 1. The molecule has 176 valence electrons. The molecule has 8 nitrogen and oxygen atoms in total. The van der Waals surface area contributed by atoms with Crippen molar-refractivity contribution >= 4 is 32.8 Å². The minimum atomic E-state index is -3.86. The number of aryl methyl sites for hydroxylation is 1. The molecule has 0 saturated carbocycles. The summed E-state index contributed by atoms with van der Waals surface area (Å²) in [7, 11) is -2.35. The van der Waals surface area contributed by atoms with Crippen LogP contribution in [-0.2, 0) is 27.9 Å². The third-order valence-electron chi connectivity index (χ3n) is 5.05. The lowest BCUT2D eigenvalue weighted by Crippen LogP contribution is -2.23. The molecule has 0 atom stereocenters. The third-order valence-corrected chi connectivity index (χ3v) is 6.43. The van der Waals surface area contributed by atoms with Crippen molar-refractivity contribution in [3.63, 3.8) is 0 Å². The van der Waals surface area contributed by atoms with Gasteiger partial charge in [0.25, 0.3) is 10.0 Å². The Labute approximate surface area is 197 Å². The molecule has 3 aromatic carbocycles. The SMILES string of the molecule is COc1ccc(S(=O)(=O)Nc2cc(C)cc3cc(COC(=O)NCc4ccccc4)oc23)cc1. The zero-order valence-electron chi connectivity index (χ0n) is 18.7. The van der Waals surface area contributed by atoms with Crippen LogP contribution in [0.3, 0.4) is 0 Å². The van der Waals surface area contributed by atoms with E-state index >= 15 is 0 Å². The first-order valence-corrected chi connectivity index (χ1v) is 12.0. The van der Waals surface area contributed by atoms with Crippen molar-refractivity contribution < 1.29 is 27.1 Å². The van der Waals surface area contributed by atoms with Crippen molar-refractivity contribution in [2.45, 2.75) is 25.0 Å². The summed E-state index contributed by atoms with van der Waals surface area (Å²) in [6.45, 7) is 2.10. The van der Waals surface area contributed by atoms with Gasteiger partial charge in [0.1, 0.15) is 11.5 Å². The van der Waals surface area contributed by atoms with Crippen LogP contribution >= 0.6 is 0 Å². The Kier molecular flexibility index (Phi) is 6.74. The van der Waals surface area contributed by atoms with Gasteiger partial charge in [-0.2, -0.15) is 0 Å². The van der Waals surface area contributed by atoms with E-state index in [9.17, 15) is 13.2 Å². The van der Waals surface area contributed by atoms with Gasteiger partial charge in [-0.25, -0.2) is 13.2 Å². The Morgan fingerprint density at radius 3 is 2.44 bits per heavy atom. The number of fused-ring (bicyclic) bond motifs is 1. The lowest BCUT2D eigenvalue weighted by atomic mass is 10.1. The van der Waals surface area contributed by atoms with Crippen LogP contribution in [0.2, 0.25) is 0 Å². The maximum absolute atomic E-state index is 12.9. The predicted molar refractivity (Wildman–Crippen MR) is 128 cm³/mol. The summed E-state index contributed by atoms with van der Waals surface area (Å²) in [6, 6.07) is 20.8. The van der Waals surface area contributed by atoms with Gasteiger partial charge in [-0.15, -0.1) is 0 Å². The largest absolute Gasteiger partial charge is 0.497 e. The number of nitrogens with one attached hydrogen (secondary N) is 2. The summed E-state index contributed by atoms with van der Waals surface area (Å²) in [4.78, 5) is 12.1. The normalized spacial score (nSPS) is 11.2. The van der Waals surface area contributed by atoms with Crippen molar-refractivity contribution in [1.29, 1.82) is 0 Å². The molecule has 0 bridgehead atoms. The van der Waals surface area contributed by atoms with E-state index in [0.717, 1.165) is 11.1 Å². The molecule has 2 N–H and O–H groups in total. The van der Waals surface area contributed by atoms with E-state index in [1.165, 1.54) is 19.2 Å². The number of amides is 1. The maximum Gasteiger partial charge on any atom is 0.407 e. The first-order chi connectivity index (χ1) is 16.3. The fourth-order valence-electron chi connectivity index (χ4n) is 3.42. The van der Waals surface area contributed by atoms with Gasteiger partial charge in [-0.05, 0) is 60.5 Å². The zero-order chi connectivity index (χ0) is 24.1. The number of hydrogen-bond donors (Lipinski definition) is 2. The zero-order valence-corrected chi connectivity index (χ0v) is 19.5. The highest BCUT2D eigenvalue weighted by Crippen LogP contribution is 2.31. The number of carbonyl (C=O) groups excluding carboxylic acids is 1. The van der Waals surface area contributed by atoms with Crippen LogP contribution in [0.15, 0.2) is 82.1 Å². The molecule has 0 aliphatic carbocycles. The number of hydrogen-bond acceptors (Lipinski definition) is 6. The molecular formula is C25H24N2O6S. The molecule has 34 heavy (non-hydrogen) atoms. The van der Waals surface area contributed by atoms with Gasteiger partial charge in [0.2, 0.25) is 0 Å². The smallest absolute Gasteiger partial charge is 0.407 e. The number of rotatable bonds is 8. The fraction of sp³-hybridized carbons (Fsp3) is 0.160. The number of benzene rings is 3. The number of furan rings is 1. The van der Waals surface area contributed by atoms with Gasteiger partial charge in [0.15, 0.2) is 12.2 Å². The molecular weight excluding hydrogens is 456 g/mol. The molecule has 1 amide bonds. The third kappa shape index (κ3) is 5.49. The van der Waals surface area contributed by atoms with Crippen LogP contribution in [0.4, 0.5) is 10.5 Å². The lowest BCUT2D eigenvalue weighted by molar-refractivity contribution is 0.131. The first kappa shape index (κ1) is 23.2. The van der Waals surface area contributed by atoms with Crippen LogP contribution in [-0.4, -0.2) is 21.6 Å². The van der Waals surface area contributed by atoms with E-state index in [1.54, 1.807) is 24.3 Å². The Bertz CT molecular complexity index is 1400. The van der Waals surface area contributed by atoms with Crippen LogP contribution < -0.4 is 14.8 Å². The Morgan fingerprint density at radius 2 is 1.74 bits per heavy atom. The van der Waals surface area contributed by atoms with Crippen molar-refractivity contribution in [1.82, 2.24) is 5.32 Å². The lowest BCUT2D eigenvalue weighted by Gasteiger charge is -2.10. The Hall–Kier alpha value is -3.98. The number of ether oxygens (including phenoxy) is 2. The van der Waals surface area contributed by atoms with Crippen LogP contribution in [0, 0.1) is 6.92 Å². The maximum atomic E-state index is 12.9. The standard InChI is InChI=1S/C25H24N2O6S/c1-17-12-19-14-21(16-32-25(28)26-15-18-6-4-3-5-7-18)33-24(19)23(13-17)27-34(29,30)22-10-8-20(31-2)9-11-22/h3-14,27H,15-16H2,1-2H3,(H,26,28). The molecule has 0 spiro atoms. The van der Waals surface area contributed by atoms with Gasteiger partial charge in [0.05, 0.1) is 17.7 Å². The summed E-state index contributed by atoms with van der Waals surface area (Å²) in [6.07, 6.45) is -0.582. The Balaban J connectivity index is 1.47. The van der Waals surface area contributed by atoms with E-state index in [0.29, 0.717) is 34.7 Å². The second-order valence-electron chi connectivity index (χ2n) is 7.64. The highest BCUT2D eigenvalue weighted by molar-refractivity contribution is 7.92. The quantitative estimate of drug-likeness (QED) is 0.368. The summed E-state index contributed by atoms with van der Waals surface area (Å²) in [5, 5.41) is 3.37. The average Bonchev–Trinajstić information content (AvgIpc) is 3.25. The van der Waals surface area contributed by atoms with E-state index in [4.69, 9.17) is 13.9 Å². The fourth-order valence-corrected chi connectivity index (χ4v) is 4.47. The van der Waals surface area contributed by atoms with E-state index in [1.807, 2.05) is 43.3 Å². The van der Waals surface area contributed by atoms with Gasteiger partial charge < -0.3 is 19.2 Å². The second-order valence-corrected chi connectivity index (χ2v) is 9.32. The van der Waals surface area contributed by atoms with Crippen molar-refractivity contribution in [3.05, 3.63) is 89.7 Å². The number of alkyl carbamates (subject to hydrolysis) is 1. The summed E-state index contributed by atoms with van der Waals surface area (Å²) >= 11 is 0. The first-order valence-electron chi connectivity index (χ1n) is 10.5. The van der Waals surface area contributed by atoms with Gasteiger partial charge in [0, 0.05) is 11.9 Å². The average molecular weight is 481 g/mol. The van der Waals surface area contributed by atoms with E-state index in [-0.39, 0.29) is 11.5 Å². The molecule has 0 unspecified atom stereocenters. The van der Waals surface area contributed by atoms with Crippen LogP contribution in [0.1, 0.15) is 16.9 Å². The highest BCUT2D eigenvalue weighted by atomic mass is 32.2. The Morgan fingerprint density at radius 1 is 1.00 bits per heavy atom. The monoisotopic (exact) mass is 480 g/mol. The van der Waals surface area contributed by atoms with Gasteiger partial charge >= 0.3 is 6.09 Å². The number of methoxy groups -OCH3 is 1. The highest BCUT2D eigenvalue weighted by Gasteiger charge is 2.19. The van der Waals surface area contributed by atoms with E-state index < -0.39 is 16.1 Å². The predicted octanol–water partition coefficient (Wildman–Crippen LogP) is 4.98. The summed E-state index contributed by atoms with van der Waals surface area (Å²) < 4.78 is 44.5. The van der Waals surface area contributed by atoms with Crippen LogP contribution in [0.25, 0.3) is 11.0 Å². The summed E-state index contributed by atoms with van der Waals surface area (Å²) in [5.74, 6) is 0.945. The van der Waals surface area contributed by atoms with Crippen molar-refractivity contribution in [2.24, 2.45) is 0 Å².